The zero-order valence-electron chi connectivity index (χ0n) is 21.0. The Bertz CT molecular complexity index is 965. The summed E-state index contributed by atoms with van der Waals surface area (Å²) in [6.45, 7) is 12.3. The molecule has 3 heterocycles. The number of carbonyl (C=O) groups excluding carboxylic acids is 1. The Morgan fingerprint density at radius 3 is 2.48 bits per heavy atom. The smallest absolute Gasteiger partial charge is 0.228 e. The van der Waals surface area contributed by atoms with Crippen LogP contribution >= 0.6 is 0 Å². The first-order valence-electron chi connectivity index (χ1n) is 12.2. The zero-order valence-corrected chi connectivity index (χ0v) is 21.0. The number of aromatic amines is 1. The van der Waals surface area contributed by atoms with Gasteiger partial charge >= 0.3 is 0 Å². The highest BCUT2D eigenvalue weighted by atomic mass is 16.2. The van der Waals surface area contributed by atoms with Crippen LogP contribution in [0.1, 0.15) is 78.3 Å². The molecule has 1 aliphatic heterocycles. The summed E-state index contributed by atoms with van der Waals surface area (Å²) < 4.78 is 0. The van der Waals surface area contributed by atoms with Crippen LogP contribution in [0.3, 0.4) is 0 Å². The van der Waals surface area contributed by atoms with E-state index in [1.807, 2.05) is 18.0 Å². The van der Waals surface area contributed by atoms with Gasteiger partial charge in [0, 0.05) is 55.5 Å². The summed E-state index contributed by atoms with van der Waals surface area (Å²) >= 11 is 0. The predicted octanol–water partition coefficient (Wildman–Crippen LogP) is 4.71. The maximum Gasteiger partial charge on any atom is 0.228 e. The van der Waals surface area contributed by atoms with Crippen molar-refractivity contribution < 1.29 is 4.79 Å². The Balaban J connectivity index is 1.34. The molecule has 2 fully saturated rings. The third kappa shape index (κ3) is 5.84. The number of likely N-dealkylation sites (tertiary alicyclic amines) is 1. The molecule has 2 aromatic heterocycles. The van der Waals surface area contributed by atoms with Crippen molar-refractivity contribution in [2.24, 2.45) is 10.8 Å². The third-order valence-electron chi connectivity index (χ3n) is 6.68. The lowest BCUT2D eigenvalue weighted by Crippen LogP contribution is -2.50. The van der Waals surface area contributed by atoms with Crippen molar-refractivity contribution in [1.82, 2.24) is 25.1 Å². The van der Waals surface area contributed by atoms with E-state index in [0.717, 1.165) is 44.0 Å². The van der Waals surface area contributed by atoms with E-state index in [1.165, 1.54) is 18.5 Å². The van der Waals surface area contributed by atoms with Gasteiger partial charge in [-0.05, 0) is 43.6 Å². The molecule has 2 aliphatic rings. The highest BCUT2D eigenvalue weighted by molar-refractivity contribution is 5.82. The van der Waals surface area contributed by atoms with Crippen LogP contribution in [-0.4, -0.2) is 57.2 Å². The third-order valence-corrected chi connectivity index (χ3v) is 6.68. The number of piperidine rings is 1. The fraction of sp³-hybridized carbons (Fsp3) is 0.680. The summed E-state index contributed by atoms with van der Waals surface area (Å²) in [5, 5.41) is 10.8. The minimum Gasteiger partial charge on any atom is -0.342 e. The van der Waals surface area contributed by atoms with E-state index in [4.69, 9.17) is 4.98 Å². The minimum atomic E-state index is -0.342. The maximum atomic E-state index is 13.2. The highest BCUT2D eigenvalue weighted by Crippen LogP contribution is 2.39. The Morgan fingerprint density at radius 1 is 1.15 bits per heavy atom. The Hall–Kier alpha value is -2.64. The molecule has 0 atom stereocenters. The summed E-state index contributed by atoms with van der Waals surface area (Å²) in [7, 11) is 2.05. The molecule has 1 amide bonds. The molecule has 2 N–H and O–H groups in total. The first kappa shape index (κ1) is 23.5. The molecule has 2 aromatic rings. The average molecular weight is 454 g/mol. The van der Waals surface area contributed by atoms with Gasteiger partial charge in [0.2, 0.25) is 11.9 Å². The lowest BCUT2D eigenvalue weighted by atomic mass is 9.75. The molecule has 180 valence electrons. The summed E-state index contributed by atoms with van der Waals surface area (Å²) in [4.78, 5) is 26.6. The van der Waals surface area contributed by atoms with Crippen LogP contribution in [0.2, 0.25) is 0 Å². The molecule has 1 saturated carbocycles. The number of hydrogen-bond donors (Lipinski definition) is 2. The van der Waals surface area contributed by atoms with Crippen LogP contribution < -0.4 is 10.2 Å². The summed E-state index contributed by atoms with van der Waals surface area (Å²) in [5.41, 5.74) is 0.978. The molecule has 4 rings (SSSR count). The van der Waals surface area contributed by atoms with E-state index in [2.05, 4.69) is 66.1 Å². The van der Waals surface area contributed by atoms with Crippen molar-refractivity contribution in [3.8, 4) is 0 Å². The fourth-order valence-corrected chi connectivity index (χ4v) is 5.17. The molecular weight excluding hydrogens is 414 g/mol. The second kappa shape index (κ2) is 8.95. The molecule has 0 aromatic carbocycles. The van der Waals surface area contributed by atoms with E-state index in [1.54, 1.807) is 6.20 Å². The first-order chi connectivity index (χ1) is 15.5. The van der Waals surface area contributed by atoms with Gasteiger partial charge < -0.3 is 15.1 Å². The van der Waals surface area contributed by atoms with Gasteiger partial charge in [0.1, 0.15) is 5.82 Å². The van der Waals surface area contributed by atoms with Crippen LogP contribution in [0.4, 0.5) is 17.6 Å². The van der Waals surface area contributed by atoms with Gasteiger partial charge in [-0.1, -0.05) is 34.6 Å². The van der Waals surface area contributed by atoms with Crippen molar-refractivity contribution in [3.05, 3.63) is 24.0 Å². The predicted molar refractivity (Wildman–Crippen MR) is 132 cm³/mol. The molecule has 0 unspecified atom stereocenters. The lowest BCUT2D eigenvalue weighted by molar-refractivity contribution is -0.143. The number of hydrogen-bond acceptors (Lipinski definition) is 6. The Kier molecular flexibility index (Phi) is 6.38. The van der Waals surface area contributed by atoms with E-state index in [0.29, 0.717) is 17.9 Å². The number of rotatable bonds is 7. The molecule has 8 nitrogen and oxygen atoms in total. The highest BCUT2D eigenvalue weighted by Gasteiger charge is 2.37. The second-order valence-corrected chi connectivity index (χ2v) is 11.6. The topological polar surface area (TPSA) is 90.0 Å². The van der Waals surface area contributed by atoms with Gasteiger partial charge in [0.05, 0.1) is 0 Å². The number of nitrogens with zero attached hydrogens (tertiary/aromatic N) is 5. The van der Waals surface area contributed by atoms with Gasteiger partial charge in [-0.25, -0.2) is 4.98 Å². The van der Waals surface area contributed by atoms with E-state index in [-0.39, 0.29) is 16.7 Å². The molecule has 8 heteroatoms. The average Bonchev–Trinajstić information content (AvgIpc) is 3.50. The van der Waals surface area contributed by atoms with Gasteiger partial charge in [0.15, 0.2) is 5.82 Å². The van der Waals surface area contributed by atoms with Crippen molar-refractivity contribution in [2.75, 3.05) is 30.4 Å². The van der Waals surface area contributed by atoms with Crippen molar-refractivity contribution >= 4 is 23.5 Å². The molecule has 1 saturated heterocycles. The largest absolute Gasteiger partial charge is 0.342 e. The van der Waals surface area contributed by atoms with Crippen molar-refractivity contribution in [2.45, 2.75) is 78.7 Å². The number of nitrogens with one attached hydrogen (secondary N) is 2. The first-order valence-corrected chi connectivity index (χ1v) is 12.2. The number of carbonyl (C=O) groups is 1. The van der Waals surface area contributed by atoms with Crippen molar-refractivity contribution in [1.29, 1.82) is 0 Å². The normalized spacial score (nSPS) is 17.8. The standard InChI is InChI=1S/C25H39N7O/c1-24(2,3)16-25(4,5)22(33)32-13-10-18(11-14-32)31(6)23-26-12-9-20(28-23)27-21-15-19(29-30-21)17-7-8-17/h9,12,15,17-18H,7-8,10-11,13-14,16H2,1-6H3,(H2,26,27,28,29,30). The molecule has 0 radical (unpaired) electrons. The van der Waals surface area contributed by atoms with Crippen LogP contribution in [0.5, 0.6) is 0 Å². The van der Waals surface area contributed by atoms with Crippen LogP contribution in [0.15, 0.2) is 18.3 Å². The summed E-state index contributed by atoms with van der Waals surface area (Å²) in [6.07, 6.45) is 6.97. The summed E-state index contributed by atoms with van der Waals surface area (Å²) in [6, 6.07) is 4.24. The molecular formula is C25H39N7O. The van der Waals surface area contributed by atoms with E-state index >= 15 is 0 Å². The van der Waals surface area contributed by atoms with Crippen LogP contribution in [0, 0.1) is 10.8 Å². The number of aromatic nitrogens is 4. The van der Waals surface area contributed by atoms with Crippen molar-refractivity contribution in [3.63, 3.8) is 0 Å². The lowest BCUT2D eigenvalue weighted by Gasteiger charge is -2.41. The Labute approximate surface area is 197 Å². The van der Waals surface area contributed by atoms with E-state index < -0.39 is 0 Å². The van der Waals surface area contributed by atoms with Gasteiger partial charge in [-0.3, -0.25) is 9.89 Å². The Morgan fingerprint density at radius 2 is 1.85 bits per heavy atom. The monoisotopic (exact) mass is 453 g/mol. The van der Waals surface area contributed by atoms with Crippen LogP contribution in [-0.2, 0) is 4.79 Å². The molecule has 33 heavy (non-hydrogen) atoms. The second-order valence-electron chi connectivity index (χ2n) is 11.6. The quantitative estimate of drug-likeness (QED) is 0.631. The molecule has 0 spiro atoms. The number of anilines is 3. The van der Waals surface area contributed by atoms with Gasteiger partial charge in [-0.2, -0.15) is 10.1 Å². The number of amides is 1. The van der Waals surface area contributed by atoms with E-state index in [9.17, 15) is 4.79 Å². The zero-order chi connectivity index (χ0) is 23.8. The fourth-order valence-electron chi connectivity index (χ4n) is 5.17. The molecule has 0 bridgehead atoms. The maximum absolute atomic E-state index is 13.2. The van der Waals surface area contributed by atoms with Gasteiger partial charge in [0.25, 0.3) is 0 Å². The summed E-state index contributed by atoms with van der Waals surface area (Å²) in [5.74, 6) is 3.12. The SMILES string of the molecule is CN(c1nccc(Nc2cc(C3CC3)[nH]n2)n1)C1CCN(C(=O)C(C)(C)CC(C)(C)C)CC1. The number of H-pyrrole nitrogens is 1. The van der Waals surface area contributed by atoms with Crippen LogP contribution in [0.25, 0.3) is 0 Å². The van der Waals surface area contributed by atoms with Gasteiger partial charge in [-0.15, -0.1) is 0 Å². The minimum absolute atomic E-state index is 0.128. The molecule has 1 aliphatic carbocycles.